The van der Waals surface area contributed by atoms with E-state index in [2.05, 4.69) is 163 Å². The molecule has 0 saturated heterocycles. The van der Waals surface area contributed by atoms with Crippen LogP contribution in [0.3, 0.4) is 0 Å². The molecule has 0 spiro atoms. The maximum atomic E-state index is 5.27. The number of nitrogens with zero attached hydrogens (tertiary/aromatic N) is 6. The maximum Gasteiger partial charge on any atom is 0.0906 e. The Hall–Kier alpha value is -7.44. The number of hydrogen-bond acceptors (Lipinski definition) is 6. The molecular weight excluding hydrogens is 733 g/mol. The molecule has 0 bridgehead atoms. The van der Waals surface area contributed by atoms with Crippen molar-refractivity contribution in [2.75, 3.05) is 0 Å². The van der Waals surface area contributed by atoms with E-state index in [0.29, 0.717) is 5.69 Å². The van der Waals surface area contributed by atoms with Crippen LogP contribution in [0.15, 0.2) is 146 Å². The molecule has 10 rings (SSSR count). The highest BCUT2D eigenvalue weighted by Gasteiger charge is 2.20. The molecule has 10 aromatic rings. The van der Waals surface area contributed by atoms with Gasteiger partial charge in [-0.2, -0.15) is 0 Å². The summed E-state index contributed by atoms with van der Waals surface area (Å²) >= 11 is 0. The first kappa shape index (κ1) is 36.9. The van der Waals surface area contributed by atoms with E-state index in [4.69, 9.17) is 29.9 Å². The number of aromatic nitrogens is 6. The fraction of sp³-hybridized carbons (Fsp3) is 0.111. The topological polar surface area (TPSA) is 77.3 Å². The SMILES string of the molecule is Cc1ccc(-c2ccc3nc(-c4cccc(-c5cnc6cc(-c7ccc(C)cc7C)ccc6n5)c4-c4cnc5cc(-c6ccc(C)cc6C)ccc5n4)cnc3c2)c(C)c1. The third-order valence-electron chi connectivity index (χ3n) is 11.6. The van der Waals surface area contributed by atoms with Gasteiger partial charge in [0.25, 0.3) is 0 Å². The lowest BCUT2D eigenvalue weighted by molar-refractivity contribution is 1.26. The molecular formula is C54H42N6. The average molecular weight is 775 g/mol. The van der Waals surface area contributed by atoms with Crippen LogP contribution < -0.4 is 0 Å². The molecule has 0 radical (unpaired) electrons. The minimum atomic E-state index is 0.714. The Balaban J connectivity index is 1.11. The first-order valence-electron chi connectivity index (χ1n) is 20.3. The van der Waals surface area contributed by atoms with Crippen molar-refractivity contribution in [1.29, 1.82) is 0 Å². The van der Waals surface area contributed by atoms with E-state index in [1.807, 2.05) is 24.7 Å². The van der Waals surface area contributed by atoms with E-state index in [0.717, 1.165) is 77.9 Å². The molecule has 0 aliphatic carbocycles. The molecule has 0 unspecified atom stereocenters. The van der Waals surface area contributed by atoms with Crippen molar-refractivity contribution in [2.45, 2.75) is 41.5 Å². The molecule has 0 amide bonds. The minimum Gasteiger partial charge on any atom is -0.252 e. The van der Waals surface area contributed by atoms with E-state index in [9.17, 15) is 0 Å². The Morgan fingerprint density at radius 1 is 0.300 bits per heavy atom. The molecule has 3 heterocycles. The van der Waals surface area contributed by atoms with Gasteiger partial charge in [-0.3, -0.25) is 15.0 Å². The van der Waals surface area contributed by atoms with Crippen LogP contribution in [0.4, 0.5) is 0 Å². The highest BCUT2D eigenvalue weighted by molar-refractivity contribution is 5.95. The first-order chi connectivity index (χ1) is 29.1. The van der Waals surface area contributed by atoms with Crippen LogP contribution in [0.5, 0.6) is 0 Å². The number of fused-ring (bicyclic) bond motifs is 3. The molecule has 6 nitrogen and oxygen atoms in total. The highest BCUT2D eigenvalue weighted by atomic mass is 14.8. The quantitative estimate of drug-likeness (QED) is 0.167. The van der Waals surface area contributed by atoms with E-state index in [1.165, 1.54) is 50.1 Å². The second kappa shape index (κ2) is 14.7. The summed E-state index contributed by atoms with van der Waals surface area (Å²) in [5.41, 5.74) is 24.1. The van der Waals surface area contributed by atoms with Crippen molar-refractivity contribution >= 4 is 33.1 Å². The summed E-state index contributed by atoms with van der Waals surface area (Å²) in [7, 11) is 0. The number of aryl methyl sites for hydroxylation is 6. The van der Waals surface area contributed by atoms with Gasteiger partial charge in [-0.25, -0.2) is 15.0 Å². The zero-order valence-corrected chi connectivity index (χ0v) is 34.5. The van der Waals surface area contributed by atoms with Gasteiger partial charge < -0.3 is 0 Å². The lowest BCUT2D eigenvalue weighted by Gasteiger charge is -2.16. The molecule has 0 fully saturated rings. The van der Waals surface area contributed by atoms with Gasteiger partial charge in [-0.05, 0) is 128 Å². The summed E-state index contributed by atoms with van der Waals surface area (Å²) in [6.07, 6.45) is 5.59. The first-order valence-corrected chi connectivity index (χ1v) is 20.3. The Morgan fingerprint density at radius 2 is 0.650 bits per heavy atom. The summed E-state index contributed by atoms with van der Waals surface area (Å²) in [4.78, 5) is 30.7. The Bertz CT molecular complexity index is 3200. The fourth-order valence-electron chi connectivity index (χ4n) is 8.58. The van der Waals surface area contributed by atoms with Gasteiger partial charge in [0, 0.05) is 16.7 Å². The van der Waals surface area contributed by atoms with Crippen molar-refractivity contribution in [3.63, 3.8) is 0 Å². The molecule has 7 aromatic carbocycles. The lowest BCUT2D eigenvalue weighted by atomic mass is 9.94. The Labute approximate surface area is 349 Å². The monoisotopic (exact) mass is 774 g/mol. The van der Waals surface area contributed by atoms with Crippen molar-refractivity contribution in [1.82, 2.24) is 29.9 Å². The molecule has 0 aliphatic heterocycles. The molecule has 6 heteroatoms. The van der Waals surface area contributed by atoms with Gasteiger partial charge in [0.1, 0.15) is 0 Å². The summed E-state index contributed by atoms with van der Waals surface area (Å²) in [5, 5.41) is 0. The second-order valence-electron chi connectivity index (χ2n) is 16.1. The van der Waals surface area contributed by atoms with Crippen molar-refractivity contribution in [3.05, 3.63) is 179 Å². The van der Waals surface area contributed by atoms with Crippen molar-refractivity contribution in [3.8, 4) is 67.2 Å². The molecule has 60 heavy (non-hydrogen) atoms. The number of rotatable bonds is 6. The molecule has 3 aromatic heterocycles. The van der Waals surface area contributed by atoms with Crippen molar-refractivity contribution < 1.29 is 0 Å². The minimum absolute atomic E-state index is 0.714. The molecule has 0 atom stereocenters. The number of benzene rings is 7. The third-order valence-corrected chi connectivity index (χ3v) is 11.6. The van der Waals surface area contributed by atoms with Gasteiger partial charge in [-0.15, -0.1) is 0 Å². The van der Waals surface area contributed by atoms with Gasteiger partial charge in [0.15, 0.2) is 0 Å². The largest absolute Gasteiger partial charge is 0.252 e. The normalized spacial score (nSPS) is 11.5. The zero-order valence-electron chi connectivity index (χ0n) is 34.5. The molecule has 0 N–H and O–H groups in total. The molecule has 288 valence electrons. The molecule has 0 aliphatic rings. The fourth-order valence-corrected chi connectivity index (χ4v) is 8.58. The van der Waals surface area contributed by atoms with E-state index in [1.54, 1.807) is 0 Å². The standard InChI is InChI=1S/C54H42N6/c1-31-10-16-40(34(4)22-31)37-13-19-45-48(25-37)55-28-51(58-45)43-8-7-9-44(52-29-56-49-26-38(14-20-46(49)59-52)41-17-11-32(2)23-35(41)5)54(43)53-30-57-50-27-39(15-21-47(50)60-53)42-18-12-33(3)24-36(42)6/h7-30H,1-6H3. The average Bonchev–Trinajstić information content (AvgIpc) is 3.25. The third kappa shape index (κ3) is 6.76. The van der Waals surface area contributed by atoms with Gasteiger partial charge in [0.05, 0.1) is 68.8 Å². The second-order valence-corrected chi connectivity index (χ2v) is 16.1. The Kier molecular flexibility index (Phi) is 9.06. The van der Waals surface area contributed by atoms with Gasteiger partial charge >= 0.3 is 0 Å². The lowest BCUT2D eigenvalue weighted by Crippen LogP contribution is -1.99. The van der Waals surface area contributed by atoms with Crippen LogP contribution in [0.25, 0.3) is 100 Å². The van der Waals surface area contributed by atoms with Crippen LogP contribution in [0.2, 0.25) is 0 Å². The smallest absolute Gasteiger partial charge is 0.0906 e. The van der Waals surface area contributed by atoms with Crippen molar-refractivity contribution in [2.24, 2.45) is 0 Å². The van der Waals surface area contributed by atoms with Crippen LogP contribution in [-0.2, 0) is 0 Å². The van der Waals surface area contributed by atoms with Crippen LogP contribution >= 0.6 is 0 Å². The summed E-state index contributed by atoms with van der Waals surface area (Å²) in [6.45, 7) is 12.8. The van der Waals surface area contributed by atoms with Crippen LogP contribution in [-0.4, -0.2) is 29.9 Å². The highest BCUT2D eigenvalue weighted by Crippen LogP contribution is 2.40. The van der Waals surface area contributed by atoms with Gasteiger partial charge in [0.2, 0.25) is 0 Å². The van der Waals surface area contributed by atoms with E-state index in [-0.39, 0.29) is 0 Å². The van der Waals surface area contributed by atoms with Gasteiger partial charge in [-0.1, -0.05) is 108 Å². The molecule has 0 saturated carbocycles. The zero-order chi connectivity index (χ0) is 41.1. The maximum absolute atomic E-state index is 5.27. The summed E-state index contributed by atoms with van der Waals surface area (Å²) in [6, 6.07) is 44.8. The van der Waals surface area contributed by atoms with E-state index < -0.39 is 0 Å². The predicted octanol–water partition coefficient (Wildman–Crippen LogP) is 13.4. The number of hydrogen-bond donors (Lipinski definition) is 0. The predicted molar refractivity (Wildman–Crippen MR) is 247 cm³/mol. The summed E-state index contributed by atoms with van der Waals surface area (Å²) in [5.74, 6) is 0. The van der Waals surface area contributed by atoms with Crippen LogP contribution in [0, 0.1) is 41.5 Å². The van der Waals surface area contributed by atoms with Crippen LogP contribution in [0.1, 0.15) is 33.4 Å². The van der Waals surface area contributed by atoms with E-state index >= 15 is 0 Å². The Morgan fingerprint density at radius 3 is 1.02 bits per heavy atom. The summed E-state index contributed by atoms with van der Waals surface area (Å²) < 4.78 is 0.